The Morgan fingerprint density at radius 1 is 1.12 bits per heavy atom. The molecule has 2 N–H and O–H groups in total. The molecule has 0 aromatic rings. The highest BCUT2D eigenvalue weighted by Crippen LogP contribution is 2.72. The zero-order chi connectivity index (χ0) is 35.3. The number of nitrogens with zero attached hydrogens (tertiary/aromatic N) is 1. The number of halogens is 2. The maximum atomic E-state index is 17.6. The van der Waals surface area contributed by atoms with Crippen LogP contribution in [-0.4, -0.2) is 88.8 Å². The van der Waals surface area contributed by atoms with Crippen LogP contribution in [0.2, 0.25) is 0 Å². The van der Waals surface area contributed by atoms with Crippen molar-refractivity contribution in [1.29, 1.82) is 0 Å². The summed E-state index contributed by atoms with van der Waals surface area (Å²) in [6.45, 7) is 5.70. The summed E-state index contributed by atoms with van der Waals surface area (Å²) < 4.78 is 51.3. The maximum absolute atomic E-state index is 17.6. The van der Waals surface area contributed by atoms with Crippen molar-refractivity contribution in [3.63, 3.8) is 0 Å². The number of carbonyl (C=O) groups is 4. The fraction of sp³-hybridized carbons (Fsp3) is 0.758. The molecule has 1 heterocycles. The molecule has 1 amide bonds. The lowest BCUT2D eigenvalue weighted by molar-refractivity contribution is -0.757. The van der Waals surface area contributed by atoms with Gasteiger partial charge in [0.2, 0.25) is 11.7 Å². The lowest BCUT2D eigenvalue weighted by Crippen LogP contribution is -2.71. The third kappa shape index (κ3) is 5.85. The van der Waals surface area contributed by atoms with Crippen LogP contribution in [0.1, 0.15) is 79.1 Å². The summed E-state index contributed by atoms with van der Waals surface area (Å²) in [6, 6.07) is 0. The molecular formula is C33H44F2N2O11. The molecule has 15 heteroatoms. The first-order chi connectivity index (χ1) is 22.4. The van der Waals surface area contributed by atoms with E-state index in [2.05, 4.69) is 10.2 Å². The number of aliphatic hydroxyl groups is 1. The van der Waals surface area contributed by atoms with Gasteiger partial charge in [-0.2, -0.15) is 0 Å². The number of ketones is 2. The Morgan fingerprint density at radius 3 is 2.56 bits per heavy atom. The van der Waals surface area contributed by atoms with Gasteiger partial charge in [-0.3, -0.25) is 19.2 Å². The SMILES string of the molecule is CC1(C)O[C@H]2C[C@H]3[C@@H]4C[C@H](F)C5=CC(=O)C=C[C@]5(C)[C@@]4(F)[C@@H](O)C[C@]3(C)[C@@]2(C(=O)COC(=O)CCNC(=O)CCCCCO[N+](=O)[O-])O1. The van der Waals surface area contributed by atoms with E-state index in [0.717, 1.165) is 6.08 Å². The molecule has 4 fully saturated rings. The summed E-state index contributed by atoms with van der Waals surface area (Å²) in [4.78, 5) is 65.3. The highest BCUT2D eigenvalue weighted by Gasteiger charge is 2.80. The molecule has 0 radical (unpaired) electrons. The van der Waals surface area contributed by atoms with Crippen molar-refractivity contribution in [3.05, 3.63) is 33.9 Å². The zero-order valence-corrected chi connectivity index (χ0v) is 27.6. The number of Topliss-reactive ketones (excluding diaryl/α,β-unsaturated/α-hetero) is 1. The van der Waals surface area contributed by atoms with Crippen LogP contribution in [-0.2, 0) is 38.2 Å². The summed E-state index contributed by atoms with van der Waals surface area (Å²) in [5.74, 6) is -5.08. The zero-order valence-electron chi connectivity index (χ0n) is 27.6. The van der Waals surface area contributed by atoms with Gasteiger partial charge in [0.1, 0.15) is 6.17 Å². The third-order valence-corrected chi connectivity index (χ3v) is 11.3. The van der Waals surface area contributed by atoms with E-state index in [-0.39, 0.29) is 56.7 Å². The Kier molecular flexibility index (Phi) is 9.65. The summed E-state index contributed by atoms with van der Waals surface area (Å²) >= 11 is 0. The first-order valence-electron chi connectivity index (χ1n) is 16.5. The quantitative estimate of drug-likeness (QED) is 0.126. The molecule has 0 bridgehead atoms. The van der Waals surface area contributed by atoms with Crippen molar-refractivity contribution in [3.8, 4) is 0 Å². The number of carbonyl (C=O) groups excluding carboxylic acids is 4. The molecule has 1 aliphatic heterocycles. The van der Waals surface area contributed by atoms with Gasteiger partial charge >= 0.3 is 5.97 Å². The second-order valence-corrected chi connectivity index (χ2v) is 14.5. The lowest BCUT2D eigenvalue weighted by atomic mass is 9.44. The molecule has 5 aliphatic rings. The Balaban J connectivity index is 1.25. The van der Waals surface area contributed by atoms with Gasteiger partial charge in [0.25, 0.3) is 5.09 Å². The molecule has 0 aromatic carbocycles. The normalized spacial score (nSPS) is 38.9. The number of aliphatic hydroxyl groups excluding tert-OH is 1. The summed E-state index contributed by atoms with van der Waals surface area (Å²) in [5.41, 5.74) is -6.90. The van der Waals surface area contributed by atoms with Gasteiger partial charge < -0.3 is 29.5 Å². The van der Waals surface area contributed by atoms with Gasteiger partial charge in [-0.1, -0.05) is 19.4 Å². The Labute approximate surface area is 276 Å². The minimum atomic E-state index is -2.34. The van der Waals surface area contributed by atoms with Crippen molar-refractivity contribution in [2.75, 3.05) is 19.8 Å². The molecule has 0 aromatic heterocycles. The van der Waals surface area contributed by atoms with Crippen LogP contribution in [0.25, 0.3) is 0 Å². The first-order valence-corrected chi connectivity index (χ1v) is 16.5. The fourth-order valence-corrected chi connectivity index (χ4v) is 9.22. The van der Waals surface area contributed by atoms with Crippen LogP contribution in [0.3, 0.4) is 0 Å². The van der Waals surface area contributed by atoms with Crippen LogP contribution in [0.4, 0.5) is 8.78 Å². The van der Waals surface area contributed by atoms with E-state index in [9.17, 15) is 34.4 Å². The highest BCUT2D eigenvalue weighted by atomic mass is 19.1. The first kappa shape index (κ1) is 36.0. The molecule has 0 unspecified atom stereocenters. The van der Waals surface area contributed by atoms with Crippen molar-refractivity contribution in [1.82, 2.24) is 5.32 Å². The molecule has 4 aliphatic carbocycles. The van der Waals surface area contributed by atoms with Crippen molar-refractivity contribution < 1.29 is 57.2 Å². The van der Waals surface area contributed by atoms with E-state index in [1.54, 1.807) is 20.8 Å². The summed E-state index contributed by atoms with van der Waals surface area (Å²) in [7, 11) is 0. The Hall–Kier alpha value is -3.30. The number of unbranched alkanes of at least 4 members (excludes halogenated alkanes) is 2. The lowest BCUT2D eigenvalue weighted by Gasteiger charge is -2.63. The van der Waals surface area contributed by atoms with Gasteiger partial charge in [-0.15, -0.1) is 10.1 Å². The molecule has 48 heavy (non-hydrogen) atoms. The second-order valence-electron chi connectivity index (χ2n) is 14.5. The van der Waals surface area contributed by atoms with Gasteiger partial charge in [0.05, 0.1) is 25.2 Å². The number of nitrogens with one attached hydrogen (secondary N) is 1. The maximum Gasteiger partial charge on any atom is 0.308 e. The fourth-order valence-electron chi connectivity index (χ4n) is 9.22. The van der Waals surface area contributed by atoms with E-state index in [0.29, 0.717) is 19.3 Å². The van der Waals surface area contributed by atoms with Gasteiger partial charge in [0, 0.05) is 29.7 Å². The number of allylic oxidation sites excluding steroid dienone is 4. The molecule has 1 saturated heterocycles. The monoisotopic (exact) mass is 682 g/mol. The number of esters is 1. The van der Waals surface area contributed by atoms with Crippen LogP contribution >= 0.6 is 0 Å². The van der Waals surface area contributed by atoms with E-state index < -0.39 is 87.3 Å². The summed E-state index contributed by atoms with van der Waals surface area (Å²) in [6.07, 6.45) is 0.478. The standard InChI is InChI=1S/C33H44F2N2O11/c1-29(2)47-26-16-20-21-15-23(34)22-14-19(38)9-11-30(22,3)32(21,35)24(39)17-31(20,4)33(26,48-29)25(40)18-45-28(42)10-12-36-27(41)8-6-5-7-13-46-37(43)44/h9,11,14,20-21,23-24,26,39H,5-8,10,12-13,15-18H2,1-4H3,(H,36,41)/t20-,21-,23-,24-,26-,30-,31-,32-,33-/m0/s1. The largest absolute Gasteiger partial charge is 0.457 e. The van der Waals surface area contributed by atoms with Gasteiger partial charge in [0.15, 0.2) is 29.4 Å². The minimum absolute atomic E-state index is 0.00239. The van der Waals surface area contributed by atoms with E-state index in [1.165, 1.54) is 19.1 Å². The topological polar surface area (TPSA) is 181 Å². The number of fused-ring (bicyclic) bond motifs is 7. The molecule has 266 valence electrons. The minimum Gasteiger partial charge on any atom is -0.457 e. The van der Waals surface area contributed by atoms with Crippen LogP contribution < -0.4 is 5.32 Å². The van der Waals surface area contributed by atoms with Gasteiger partial charge in [-0.25, -0.2) is 8.78 Å². The smallest absolute Gasteiger partial charge is 0.308 e. The van der Waals surface area contributed by atoms with Gasteiger partial charge in [-0.05, 0) is 76.5 Å². The summed E-state index contributed by atoms with van der Waals surface area (Å²) in [5, 5.41) is 23.5. The molecule has 5 rings (SSSR count). The van der Waals surface area contributed by atoms with Crippen molar-refractivity contribution in [2.24, 2.45) is 22.7 Å². The van der Waals surface area contributed by atoms with E-state index in [4.69, 9.17) is 14.2 Å². The average molecular weight is 683 g/mol. The number of hydrogen-bond donors (Lipinski definition) is 2. The second kappa shape index (κ2) is 12.9. The molecule has 3 saturated carbocycles. The predicted octanol–water partition coefficient (Wildman–Crippen LogP) is 3.19. The number of hydrogen-bond acceptors (Lipinski definition) is 11. The van der Waals surface area contributed by atoms with Crippen LogP contribution in [0, 0.1) is 32.8 Å². The van der Waals surface area contributed by atoms with Crippen LogP contribution in [0.15, 0.2) is 23.8 Å². The van der Waals surface area contributed by atoms with Crippen molar-refractivity contribution in [2.45, 2.75) is 114 Å². The van der Waals surface area contributed by atoms with Crippen LogP contribution in [0.5, 0.6) is 0 Å². The predicted molar refractivity (Wildman–Crippen MR) is 162 cm³/mol. The van der Waals surface area contributed by atoms with Crippen molar-refractivity contribution >= 4 is 23.4 Å². The molecule has 9 atom stereocenters. The molecular weight excluding hydrogens is 638 g/mol. The number of rotatable bonds is 13. The van der Waals surface area contributed by atoms with E-state index >= 15 is 8.78 Å². The number of alkyl halides is 2. The third-order valence-electron chi connectivity index (χ3n) is 11.3. The van der Waals surface area contributed by atoms with E-state index in [1.807, 2.05) is 0 Å². The highest BCUT2D eigenvalue weighted by molar-refractivity contribution is 6.01. The number of amides is 1. The Morgan fingerprint density at radius 2 is 1.85 bits per heavy atom. The average Bonchev–Trinajstić information content (AvgIpc) is 3.41. The molecule has 0 spiro atoms. The molecule has 13 nitrogen and oxygen atoms in total. The number of ether oxygens (including phenoxy) is 3. The Bertz CT molecular complexity index is 1420.